The fourth-order valence-corrected chi connectivity index (χ4v) is 2.97. The van der Waals surface area contributed by atoms with Gasteiger partial charge in [-0.15, -0.1) is 0 Å². The van der Waals surface area contributed by atoms with E-state index in [9.17, 15) is 8.42 Å². The first kappa shape index (κ1) is 15.0. The fraction of sp³-hybridized carbons (Fsp3) is 0.538. The summed E-state index contributed by atoms with van der Waals surface area (Å²) in [5.41, 5.74) is 2.57. The Morgan fingerprint density at radius 2 is 2.00 bits per heavy atom. The van der Waals surface area contributed by atoms with E-state index in [-0.39, 0.29) is 24.7 Å². The van der Waals surface area contributed by atoms with Crippen LogP contribution in [0.3, 0.4) is 0 Å². The molecule has 0 aliphatic rings. The van der Waals surface area contributed by atoms with E-state index < -0.39 is 10.0 Å². The van der Waals surface area contributed by atoms with Crippen molar-refractivity contribution < 1.29 is 13.5 Å². The predicted octanol–water partition coefficient (Wildman–Crippen LogP) is 2.24. The van der Waals surface area contributed by atoms with Crippen molar-refractivity contribution in [1.29, 1.82) is 0 Å². The molecule has 2 N–H and O–H groups in total. The van der Waals surface area contributed by atoms with Crippen molar-refractivity contribution in [3.63, 3.8) is 0 Å². The van der Waals surface area contributed by atoms with Gasteiger partial charge in [-0.3, -0.25) is 4.72 Å². The lowest BCUT2D eigenvalue weighted by Gasteiger charge is -2.17. The Kier molecular flexibility index (Phi) is 5.16. The number of rotatable bonds is 6. The van der Waals surface area contributed by atoms with Crippen molar-refractivity contribution in [3.05, 3.63) is 29.3 Å². The normalized spacial score (nSPS) is 11.8. The highest BCUT2D eigenvalue weighted by atomic mass is 32.2. The first-order chi connectivity index (χ1) is 8.37. The van der Waals surface area contributed by atoms with Crippen LogP contribution in [0.25, 0.3) is 0 Å². The van der Waals surface area contributed by atoms with Gasteiger partial charge in [0.2, 0.25) is 10.0 Å². The average molecular weight is 271 g/mol. The van der Waals surface area contributed by atoms with E-state index in [1.807, 2.05) is 39.0 Å². The van der Waals surface area contributed by atoms with Gasteiger partial charge in [-0.25, -0.2) is 8.42 Å². The maximum absolute atomic E-state index is 11.9. The molecule has 0 saturated carbocycles. The molecule has 18 heavy (non-hydrogen) atoms. The number of anilines is 1. The number of aliphatic hydroxyl groups is 1. The standard InChI is InChI=1S/C13H21NO3S/c1-10(2)12-7-4-6-11(3)13(12)14-18(16,17)9-5-8-15/h4,6-7,10,14-15H,5,8-9H2,1-3H3. The molecule has 0 spiro atoms. The highest BCUT2D eigenvalue weighted by molar-refractivity contribution is 7.92. The van der Waals surface area contributed by atoms with Crippen LogP contribution in [0, 0.1) is 6.92 Å². The molecule has 0 bridgehead atoms. The van der Waals surface area contributed by atoms with E-state index >= 15 is 0 Å². The summed E-state index contributed by atoms with van der Waals surface area (Å²) in [4.78, 5) is 0. The molecule has 0 aliphatic carbocycles. The van der Waals surface area contributed by atoms with E-state index in [0.717, 1.165) is 11.1 Å². The molecule has 0 radical (unpaired) electrons. The lowest BCUT2D eigenvalue weighted by atomic mass is 9.99. The van der Waals surface area contributed by atoms with Crippen LogP contribution in [0.4, 0.5) is 5.69 Å². The molecule has 102 valence electrons. The zero-order valence-corrected chi connectivity index (χ0v) is 11.9. The molecular weight excluding hydrogens is 250 g/mol. The van der Waals surface area contributed by atoms with Crippen LogP contribution >= 0.6 is 0 Å². The number of para-hydroxylation sites is 1. The number of hydrogen-bond donors (Lipinski definition) is 2. The zero-order chi connectivity index (χ0) is 13.8. The van der Waals surface area contributed by atoms with Gasteiger partial charge in [-0.2, -0.15) is 0 Å². The molecule has 0 atom stereocenters. The summed E-state index contributed by atoms with van der Waals surface area (Å²) in [5.74, 6) is 0.190. The Bertz CT molecular complexity index is 495. The molecule has 0 saturated heterocycles. The van der Waals surface area contributed by atoms with E-state index in [4.69, 9.17) is 5.11 Å². The summed E-state index contributed by atoms with van der Waals surface area (Å²) in [6.45, 7) is 5.82. The van der Waals surface area contributed by atoms with Gasteiger partial charge in [0.25, 0.3) is 0 Å². The Hall–Kier alpha value is -1.07. The highest BCUT2D eigenvalue weighted by Crippen LogP contribution is 2.28. The van der Waals surface area contributed by atoms with Crippen LogP contribution in [0.5, 0.6) is 0 Å². The summed E-state index contributed by atoms with van der Waals surface area (Å²) in [5, 5.41) is 8.70. The van der Waals surface area contributed by atoms with Crippen LogP contribution < -0.4 is 4.72 Å². The van der Waals surface area contributed by atoms with Gasteiger partial charge in [0.15, 0.2) is 0 Å². The molecule has 0 aromatic heterocycles. The SMILES string of the molecule is Cc1cccc(C(C)C)c1NS(=O)(=O)CCCO. The monoisotopic (exact) mass is 271 g/mol. The number of aliphatic hydroxyl groups excluding tert-OH is 1. The fourth-order valence-electron chi connectivity index (χ4n) is 1.77. The van der Waals surface area contributed by atoms with Gasteiger partial charge in [0.05, 0.1) is 11.4 Å². The summed E-state index contributed by atoms with van der Waals surface area (Å²) in [6.07, 6.45) is 0.248. The van der Waals surface area contributed by atoms with E-state index in [1.54, 1.807) is 0 Å². The maximum Gasteiger partial charge on any atom is 0.232 e. The second-order valence-electron chi connectivity index (χ2n) is 4.69. The molecule has 4 nitrogen and oxygen atoms in total. The number of hydrogen-bond acceptors (Lipinski definition) is 3. The van der Waals surface area contributed by atoms with Crippen LogP contribution in [0.1, 0.15) is 37.3 Å². The summed E-state index contributed by atoms with van der Waals surface area (Å²) < 4.78 is 26.4. The van der Waals surface area contributed by atoms with Crippen molar-refractivity contribution in [2.24, 2.45) is 0 Å². The number of aryl methyl sites for hydroxylation is 1. The topological polar surface area (TPSA) is 66.4 Å². The van der Waals surface area contributed by atoms with Gasteiger partial charge in [0.1, 0.15) is 0 Å². The Morgan fingerprint density at radius 3 is 2.56 bits per heavy atom. The van der Waals surface area contributed by atoms with Crippen molar-refractivity contribution in [2.45, 2.75) is 33.1 Å². The van der Waals surface area contributed by atoms with Crippen molar-refractivity contribution in [2.75, 3.05) is 17.1 Å². The lowest BCUT2D eigenvalue weighted by molar-refractivity contribution is 0.295. The minimum absolute atomic E-state index is 0.0601. The maximum atomic E-state index is 11.9. The van der Waals surface area contributed by atoms with Crippen molar-refractivity contribution in [3.8, 4) is 0 Å². The van der Waals surface area contributed by atoms with Gasteiger partial charge in [-0.1, -0.05) is 32.0 Å². The molecule has 0 unspecified atom stereocenters. The van der Waals surface area contributed by atoms with Gasteiger partial charge in [-0.05, 0) is 30.4 Å². The zero-order valence-electron chi connectivity index (χ0n) is 11.1. The minimum atomic E-state index is -3.39. The first-order valence-corrected chi connectivity index (χ1v) is 7.73. The molecule has 5 heteroatoms. The molecule has 0 amide bonds. The largest absolute Gasteiger partial charge is 0.396 e. The Balaban J connectivity index is 3.03. The minimum Gasteiger partial charge on any atom is -0.396 e. The Morgan fingerprint density at radius 1 is 1.33 bits per heavy atom. The molecule has 0 aliphatic heterocycles. The van der Waals surface area contributed by atoms with Gasteiger partial charge < -0.3 is 5.11 Å². The summed E-state index contributed by atoms with van der Waals surface area (Å²) >= 11 is 0. The van der Waals surface area contributed by atoms with Crippen LogP contribution in [0.15, 0.2) is 18.2 Å². The predicted molar refractivity (Wildman–Crippen MR) is 74.4 cm³/mol. The summed E-state index contributed by atoms with van der Waals surface area (Å²) in [7, 11) is -3.39. The van der Waals surface area contributed by atoms with Crippen LogP contribution in [0.2, 0.25) is 0 Å². The van der Waals surface area contributed by atoms with Crippen molar-refractivity contribution >= 4 is 15.7 Å². The molecule has 1 rings (SSSR count). The third-order valence-electron chi connectivity index (χ3n) is 2.76. The van der Waals surface area contributed by atoms with Gasteiger partial charge >= 0.3 is 0 Å². The van der Waals surface area contributed by atoms with E-state index in [2.05, 4.69) is 4.72 Å². The average Bonchev–Trinajstić information content (AvgIpc) is 2.28. The molecule has 0 heterocycles. The quantitative estimate of drug-likeness (QED) is 0.834. The lowest BCUT2D eigenvalue weighted by Crippen LogP contribution is -2.19. The summed E-state index contributed by atoms with van der Waals surface area (Å²) in [6, 6.07) is 5.74. The second-order valence-corrected chi connectivity index (χ2v) is 6.53. The Labute approximate surface area is 109 Å². The van der Waals surface area contributed by atoms with Gasteiger partial charge in [0, 0.05) is 6.61 Å². The van der Waals surface area contributed by atoms with Crippen LogP contribution in [-0.2, 0) is 10.0 Å². The molecular formula is C13H21NO3S. The second kappa shape index (κ2) is 6.20. The smallest absolute Gasteiger partial charge is 0.232 e. The van der Waals surface area contributed by atoms with E-state index in [0.29, 0.717) is 5.69 Å². The number of sulfonamides is 1. The number of nitrogens with one attached hydrogen (secondary N) is 1. The van der Waals surface area contributed by atoms with Crippen molar-refractivity contribution in [1.82, 2.24) is 0 Å². The number of benzene rings is 1. The van der Waals surface area contributed by atoms with Crippen LogP contribution in [-0.4, -0.2) is 25.9 Å². The third kappa shape index (κ3) is 3.99. The molecule has 1 aromatic carbocycles. The highest BCUT2D eigenvalue weighted by Gasteiger charge is 2.15. The van der Waals surface area contributed by atoms with E-state index in [1.165, 1.54) is 0 Å². The first-order valence-electron chi connectivity index (χ1n) is 6.08. The third-order valence-corrected chi connectivity index (χ3v) is 4.10. The molecule has 0 fully saturated rings. The molecule has 1 aromatic rings.